The van der Waals surface area contributed by atoms with Crippen molar-refractivity contribution in [3.8, 4) is 10.8 Å². The van der Waals surface area contributed by atoms with Gasteiger partial charge in [0.25, 0.3) is 0 Å². The lowest BCUT2D eigenvalue weighted by atomic mass is 10.1. The van der Waals surface area contributed by atoms with Crippen LogP contribution in [0.5, 0.6) is 0 Å². The van der Waals surface area contributed by atoms with Gasteiger partial charge >= 0.3 is 0 Å². The number of benzene rings is 1. The van der Waals surface area contributed by atoms with Crippen LogP contribution in [0, 0.1) is 10.8 Å². The first kappa shape index (κ1) is 30.2. The van der Waals surface area contributed by atoms with Gasteiger partial charge in [0.1, 0.15) is 16.7 Å². The Morgan fingerprint density at radius 1 is 0.848 bits per heavy atom. The lowest BCUT2D eigenvalue weighted by Gasteiger charge is -2.32. The van der Waals surface area contributed by atoms with E-state index in [0.29, 0.717) is 0 Å². The van der Waals surface area contributed by atoms with Crippen molar-refractivity contribution in [2.45, 2.75) is 102 Å². The number of halogens is 1. The van der Waals surface area contributed by atoms with Crippen LogP contribution < -0.4 is 0 Å². The second-order valence-corrected chi connectivity index (χ2v) is 11.1. The number of likely N-dealkylation sites (tertiary alicyclic amines) is 1. The van der Waals surface area contributed by atoms with Crippen molar-refractivity contribution in [3.63, 3.8) is 0 Å². The summed E-state index contributed by atoms with van der Waals surface area (Å²) in [6.45, 7) is 7.43. The molecule has 0 atom stereocenters. The van der Waals surface area contributed by atoms with E-state index in [-0.39, 0.29) is 4.90 Å². The minimum atomic E-state index is -4.25. The lowest BCUT2D eigenvalue weighted by Crippen LogP contribution is -2.46. The van der Waals surface area contributed by atoms with E-state index in [1.807, 2.05) is 0 Å². The maximum atomic E-state index is 10.3. The average molecular weight is 543 g/mol. The number of hydrogen-bond donors (Lipinski definition) is 0. The monoisotopic (exact) mass is 541 g/mol. The Hall–Kier alpha value is -0.870. The summed E-state index contributed by atoms with van der Waals surface area (Å²) in [5.41, 5.74) is 0. The SMILES string of the molecule is CCCCCCCCCCCCCC[N+]1(CC#CBr)CCCC1.O=S(=O)([O-])c1ccccc1. The van der Waals surface area contributed by atoms with Crippen molar-refractivity contribution in [1.29, 1.82) is 0 Å². The summed E-state index contributed by atoms with van der Waals surface area (Å²) in [7, 11) is -4.25. The van der Waals surface area contributed by atoms with Crippen molar-refractivity contribution in [1.82, 2.24) is 0 Å². The number of rotatable bonds is 15. The normalized spacial score (nSPS) is 14.8. The Morgan fingerprint density at radius 2 is 1.33 bits per heavy atom. The van der Waals surface area contributed by atoms with Gasteiger partial charge in [-0.05, 0) is 35.7 Å². The highest BCUT2D eigenvalue weighted by Gasteiger charge is 2.30. The molecule has 4 nitrogen and oxygen atoms in total. The van der Waals surface area contributed by atoms with Gasteiger partial charge < -0.3 is 9.04 Å². The Labute approximate surface area is 212 Å². The van der Waals surface area contributed by atoms with Gasteiger partial charge in [-0.2, -0.15) is 0 Å². The molecule has 0 spiro atoms. The molecule has 1 aromatic carbocycles. The molecule has 1 aliphatic rings. The topological polar surface area (TPSA) is 57.2 Å². The molecule has 1 heterocycles. The van der Waals surface area contributed by atoms with Crippen LogP contribution in [-0.2, 0) is 10.1 Å². The average Bonchev–Trinajstić information content (AvgIpc) is 3.28. The van der Waals surface area contributed by atoms with Crippen LogP contribution in [-0.4, -0.2) is 43.6 Å². The molecule has 0 aliphatic carbocycles. The third kappa shape index (κ3) is 14.9. The predicted octanol–water partition coefficient (Wildman–Crippen LogP) is 7.24. The zero-order valence-corrected chi connectivity index (χ0v) is 23.0. The molecule has 0 bridgehead atoms. The fourth-order valence-corrected chi connectivity index (χ4v) is 5.16. The minimum Gasteiger partial charge on any atom is -0.744 e. The number of unbranched alkanes of at least 4 members (excludes halogenated alkanes) is 11. The maximum Gasteiger partial charge on any atom is 0.141 e. The first-order valence-electron chi connectivity index (χ1n) is 12.9. The van der Waals surface area contributed by atoms with Gasteiger partial charge in [-0.25, -0.2) is 8.42 Å². The summed E-state index contributed by atoms with van der Waals surface area (Å²) in [4.78, 5) is 2.73. The number of hydrogen-bond acceptors (Lipinski definition) is 3. The molecule has 33 heavy (non-hydrogen) atoms. The van der Waals surface area contributed by atoms with E-state index < -0.39 is 10.1 Å². The summed E-state index contributed by atoms with van der Waals surface area (Å²) < 4.78 is 32.1. The van der Waals surface area contributed by atoms with E-state index in [9.17, 15) is 13.0 Å². The molecule has 1 fully saturated rings. The summed E-state index contributed by atoms with van der Waals surface area (Å²) in [6.07, 6.45) is 20.1. The van der Waals surface area contributed by atoms with Gasteiger partial charge in [0.15, 0.2) is 0 Å². The molecule has 0 saturated carbocycles. The summed E-state index contributed by atoms with van der Waals surface area (Å²) in [6, 6.07) is 7.19. The molecule has 1 aliphatic heterocycles. The fourth-order valence-electron chi connectivity index (χ4n) is 4.54. The second-order valence-electron chi connectivity index (χ2n) is 9.31. The van der Waals surface area contributed by atoms with Crippen LogP contribution in [0.15, 0.2) is 35.2 Å². The Morgan fingerprint density at radius 3 is 1.76 bits per heavy atom. The van der Waals surface area contributed by atoms with E-state index in [0.717, 1.165) is 6.54 Å². The zero-order chi connectivity index (χ0) is 24.3. The standard InChI is InChI=1S/C21H39BrN.C6H6O3S/c1-2-3-4-5-6-7-8-9-10-11-12-13-18-23(21-16-17-22)19-14-15-20-23;7-10(8,9)6-4-2-1-3-5-6/h2-15,18-21H2,1H3;1-5H,(H,7,8,9)/q+1;/p-1. The minimum absolute atomic E-state index is 0.185. The number of nitrogens with zero attached hydrogens (tertiary/aromatic N) is 1. The number of quaternary nitrogens is 1. The van der Waals surface area contributed by atoms with Gasteiger partial charge in [-0.1, -0.05) is 89.3 Å². The molecule has 0 amide bonds. The zero-order valence-electron chi connectivity index (χ0n) is 20.6. The van der Waals surface area contributed by atoms with E-state index in [2.05, 4.69) is 33.6 Å². The highest BCUT2D eigenvalue weighted by atomic mass is 79.9. The summed E-state index contributed by atoms with van der Waals surface area (Å²) in [5, 5.41) is 0. The third-order valence-electron chi connectivity index (χ3n) is 6.51. The fraction of sp³-hybridized carbons (Fsp3) is 0.704. The van der Waals surface area contributed by atoms with Crippen LogP contribution >= 0.6 is 15.9 Å². The molecule has 0 radical (unpaired) electrons. The Kier molecular flexibility index (Phi) is 16.9. The van der Waals surface area contributed by atoms with Crippen LogP contribution in [0.2, 0.25) is 0 Å². The Bertz CT molecular complexity index is 766. The van der Waals surface area contributed by atoms with Gasteiger partial charge in [0, 0.05) is 28.8 Å². The summed E-state index contributed by atoms with van der Waals surface area (Å²) >= 11 is 3.25. The van der Waals surface area contributed by atoms with Crippen molar-refractivity contribution >= 4 is 26.0 Å². The van der Waals surface area contributed by atoms with Crippen molar-refractivity contribution < 1.29 is 17.5 Å². The van der Waals surface area contributed by atoms with E-state index in [4.69, 9.17) is 0 Å². The molecular formula is C27H44BrNO3S. The first-order chi connectivity index (χ1) is 15.9. The molecule has 6 heteroatoms. The molecule has 0 aromatic heterocycles. The molecule has 188 valence electrons. The van der Waals surface area contributed by atoms with E-state index in [1.54, 1.807) is 6.07 Å². The van der Waals surface area contributed by atoms with Crippen LogP contribution in [0.25, 0.3) is 0 Å². The van der Waals surface area contributed by atoms with Gasteiger partial charge in [-0.15, -0.1) is 0 Å². The molecule has 1 aromatic rings. The second kappa shape index (κ2) is 18.5. The highest BCUT2D eigenvalue weighted by molar-refractivity contribution is 9.12. The van der Waals surface area contributed by atoms with Crippen LogP contribution in [0.4, 0.5) is 0 Å². The smallest absolute Gasteiger partial charge is 0.141 e. The van der Waals surface area contributed by atoms with Gasteiger partial charge in [0.05, 0.1) is 24.5 Å². The van der Waals surface area contributed by atoms with Crippen molar-refractivity contribution in [2.24, 2.45) is 0 Å². The van der Waals surface area contributed by atoms with Crippen LogP contribution in [0.1, 0.15) is 96.8 Å². The molecule has 1 saturated heterocycles. The third-order valence-corrected chi connectivity index (χ3v) is 7.64. The molecule has 0 unspecified atom stereocenters. The molecule has 0 N–H and O–H groups in total. The predicted molar refractivity (Wildman–Crippen MR) is 141 cm³/mol. The highest BCUT2D eigenvalue weighted by Crippen LogP contribution is 2.21. The first-order valence-corrected chi connectivity index (χ1v) is 15.1. The largest absolute Gasteiger partial charge is 0.744 e. The van der Waals surface area contributed by atoms with Crippen molar-refractivity contribution in [2.75, 3.05) is 26.2 Å². The summed E-state index contributed by atoms with van der Waals surface area (Å²) in [5.74, 6) is 3.26. The quantitative estimate of drug-likeness (QED) is 0.102. The lowest BCUT2D eigenvalue weighted by molar-refractivity contribution is -0.910. The van der Waals surface area contributed by atoms with Crippen molar-refractivity contribution in [3.05, 3.63) is 30.3 Å². The maximum absolute atomic E-state index is 10.3. The van der Waals surface area contributed by atoms with Crippen LogP contribution in [0.3, 0.4) is 0 Å². The molecule has 2 rings (SSSR count). The van der Waals surface area contributed by atoms with Gasteiger partial charge in [-0.3, -0.25) is 0 Å². The van der Waals surface area contributed by atoms with E-state index in [1.165, 1.54) is 138 Å². The van der Waals surface area contributed by atoms with Gasteiger partial charge in [0.2, 0.25) is 0 Å². The van der Waals surface area contributed by atoms with E-state index >= 15 is 0 Å². The Balaban J connectivity index is 0.000000451. The molecular weight excluding hydrogens is 498 g/mol.